The predicted octanol–water partition coefficient (Wildman–Crippen LogP) is 3.14. The van der Waals surface area contributed by atoms with E-state index in [2.05, 4.69) is 0 Å². The Kier molecular flexibility index (Phi) is 3.62. The van der Waals surface area contributed by atoms with Crippen LogP contribution < -0.4 is 9.47 Å². The summed E-state index contributed by atoms with van der Waals surface area (Å²) in [5, 5.41) is 1.72. The molecule has 18 heavy (non-hydrogen) atoms. The molecule has 0 saturated carbocycles. The van der Waals surface area contributed by atoms with Gasteiger partial charge in [-0.15, -0.1) is 11.3 Å². The van der Waals surface area contributed by atoms with E-state index < -0.39 is 11.6 Å². The first kappa shape index (κ1) is 12.6. The zero-order valence-corrected chi connectivity index (χ0v) is 10.7. The quantitative estimate of drug-likeness (QED) is 0.797. The Morgan fingerprint density at radius 1 is 1.17 bits per heavy atom. The van der Waals surface area contributed by atoms with E-state index in [1.807, 2.05) is 0 Å². The third-order valence-electron chi connectivity index (χ3n) is 2.48. The summed E-state index contributed by atoms with van der Waals surface area (Å²) in [7, 11) is 2.87. The Balaban J connectivity index is 2.52. The molecule has 94 valence electrons. The fourth-order valence-corrected chi connectivity index (χ4v) is 2.44. The standard InChI is InChI=1S/C13H11FO3S/c1-16-9-5-3-4-8(14)11(9)12(15)13-10(17-2)6-7-18-13/h3-7H,1-2H3. The number of ether oxygens (including phenoxy) is 2. The van der Waals surface area contributed by atoms with Crippen LogP contribution in [0.5, 0.6) is 11.5 Å². The number of benzene rings is 1. The lowest BCUT2D eigenvalue weighted by Gasteiger charge is -2.08. The smallest absolute Gasteiger partial charge is 0.213 e. The maximum absolute atomic E-state index is 13.8. The highest BCUT2D eigenvalue weighted by molar-refractivity contribution is 7.12. The topological polar surface area (TPSA) is 35.5 Å². The fraction of sp³-hybridized carbons (Fsp3) is 0.154. The molecule has 2 rings (SSSR count). The average molecular weight is 266 g/mol. The van der Waals surface area contributed by atoms with E-state index in [-0.39, 0.29) is 11.3 Å². The maximum atomic E-state index is 13.8. The molecule has 0 N–H and O–H groups in total. The minimum atomic E-state index is -0.602. The Morgan fingerprint density at radius 2 is 1.89 bits per heavy atom. The highest BCUT2D eigenvalue weighted by Crippen LogP contribution is 2.31. The third kappa shape index (κ3) is 2.09. The van der Waals surface area contributed by atoms with E-state index in [0.29, 0.717) is 10.6 Å². The number of thiophene rings is 1. The number of carbonyl (C=O) groups is 1. The van der Waals surface area contributed by atoms with Gasteiger partial charge in [0.25, 0.3) is 0 Å². The summed E-state index contributed by atoms with van der Waals surface area (Å²) >= 11 is 1.21. The van der Waals surface area contributed by atoms with Crippen LogP contribution in [0.15, 0.2) is 29.6 Å². The average Bonchev–Trinajstić information content (AvgIpc) is 2.85. The van der Waals surface area contributed by atoms with Gasteiger partial charge in [-0.05, 0) is 23.6 Å². The Morgan fingerprint density at radius 3 is 2.56 bits per heavy atom. The number of rotatable bonds is 4. The van der Waals surface area contributed by atoms with Crippen LogP contribution >= 0.6 is 11.3 Å². The van der Waals surface area contributed by atoms with E-state index in [9.17, 15) is 9.18 Å². The van der Waals surface area contributed by atoms with Gasteiger partial charge in [0.15, 0.2) is 0 Å². The minimum absolute atomic E-state index is 0.0687. The number of carbonyl (C=O) groups excluding carboxylic acids is 1. The zero-order valence-electron chi connectivity index (χ0n) is 9.90. The molecular weight excluding hydrogens is 255 g/mol. The van der Waals surface area contributed by atoms with Gasteiger partial charge in [-0.1, -0.05) is 6.07 Å². The summed E-state index contributed by atoms with van der Waals surface area (Å²) in [6.07, 6.45) is 0. The summed E-state index contributed by atoms with van der Waals surface area (Å²) in [6.45, 7) is 0. The third-order valence-corrected chi connectivity index (χ3v) is 3.37. The molecular formula is C13H11FO3S. The molecule has 0 unspecified atom stereocenters. The summed E-state index contributed by atoms with van der Waals surface area (Å²) in [6, 6.07) is 5.95. The normalized spacial score (nSPS) is 10.2. The molecule has 0 radical (unpaired) electrons. The van der Waals surface area contributed by atoms with Crippen LogP contribution in [-0.4, -0.2) is 20.0 Å². The van der Waals surface area contributed by atoms with Gasteiger partial charge in [-0.25, -0.2) is 4.39 Å². The van der Waals surface area contributed by atoms with Crippen LogP contribution in [0.4, 0.5) is 4.39 Å². The van der Waals surface area contributed by atoms with Gasteiger partial charge in [0.05, 0.1) is 14.2 Å². The van der Waals surface area contributed by atoms with E-state index in [1.165, 1.54) is 37.7 Å². The summed E-state index contributed by atoms with van der Waals surface area (Å²) in [5.74, 6) is -0.377. The van der Waals surface area contributed by atoms with Crippen molar-refractivity contribution in [3.8, 4) is 11.5 Å². The van der Waals surface area contributed by atoms with Crippen LogP contribution in [-0.2, 0) is 0 Å². The second kappa shape index (κ2) is 5.18. The van der Waals surface area contributed by atoms with Gasteiger partial charge in [-0.2, -0.15) is 0 Å². The van der Waals surface area contributed by atoms with Crippen molar-refractivity contribution in [1.82, 2.24) is 0 Å². The Bertz CT molecular complexity index is 577. The molecule has 2 aromatic rings. The second-order valence-electron chi connectivity index (χ2n) is 3.46. The molecule has 1 aromatic carbocycles. The molecule has 0 aliphatic heterocycles. The largest absolute Gasteiger partial charge is 0.496 e. The van der Waals surface area contributed by atoms with E-state index in [4.69, 9.17) is 9.47 Å². The van der Waals surface area contributed by atoms with Gasteiger partial charge in [0, 0.05) is 0 Å². The van der Waals surface area contributed by atoms with Crippen LogP contribution in [0, 0.1) is 5.82 Å². The van der Waals surface area contributed by atoms with Crippen molar-refractivity contribution >= 4 is 17.1 Å². The molecule has 0 amide bonds. The first-order chi connectivity index (χ1) is 8.69. The molecule has 0 aliphatic rings. The van der Waals surface area contributed by atoms with Crippen molar-refractivity contribution in [2.24, 2.45) is 0 Å². The molecule has 0 fully saturated rings. The molecule has 5 heteroatoms. The molecule has 1 heterocycles. The number of methoxy groups -OCH3 is 2. The first-order valence-corrected chi connectivity index (χ1v) is 6.05. The predicted molar refractivity (Wildman–Crippen MR) is 67.3 cm³/mol. The van der Waals surface area contributed by atoms with E-state index in [0.717, 1.165) is 0 Å². The van der Waals surface area contributed by atoms with Crippen molar-refractivity contribution in [3.05, 3.63) is 45.9 Å². The summed E-state index contributed by atoms with van der Waals surface area (Å²) in [5.41, 5.74) is -0.0687. The number of hydrogen-bond donors (Lipinski definition) is 0. The fourth-order valence-electron chi connectivity index (χ4n) is 1.63. The lowest BCUT2D eigenvalue weighted by molar-refractivity contribution is 0.103. The molecule has 0 aliphatic carbocycles. The van der Waals surface area contributed by atoms with Crippen molar-refractivity contribution in [2.75, 3.05) is 14.2 Å². The number of halogens is 1. The first-order valence-electron chi connectivity index (χ1n) is 5.17. The Labute approximate surface area is 108 Å². The maximum Gasteiger partial charge on any atom is 0.213 e. The van der Waals surface area contributed by atoms with Crippen LogP contribution in [0.25, 0.3) is 0 Å². The van der Waals surface area contributed by atoms with Crippen LogP contribution in [0.1, 0.15) is 15.2 Å². The lowest BCUT2D eigenvalue weighted by atomic mass is 10.1. The molecule has 0 spiro atoms. The van der Waals surface area contributed by atoms with Gasteiger partial charge in [0.2, 0.25) is 5.78 Å². The van der Waals surface area contributed by atoms with Crippen molar-refractivity contribution in [2.45, 2.75) is 0 Å². The van der Waals surface area contributed by atoms with Crippen molar-refractivity contribution in [3.63, 3.8) is 0 Å². The number of hydrogen-bond acceptors (Lipinski definition) is 4. The monoisotopic (exact) mass is 266 g/mol. The SMILES string of the molecule is COc1ccsc1C(=O)c1c(F)cccc1OC. The summed E-state index contributed by atoms with van der Waals surface area (Å²) in [4.78, 5) is 12.7. The molecule has 0 atom stereocenters. The Hall–Kier alpha value is -1.88. The van der Waals surface area contributed by atoms with Crippen LogP contribution in [0.3, 0.4) is 0 Å². The van der Waals surface area contributed by atoms with Crippen molar-refractivity contribution in [1.29, 1.82) is 0 Å². The van der Waals surface area contributed by atoms with Gasteiger partial charge in [0.1, 0.15) is 27.8 Å². The number of ketones is 1. The highest BCUT2D eigenvalue weighted by Gasteiger charge is 2.23. The minimum Gasteiger partial charge on any atom is -0.496 e. The van der Waals surface area contributed by atoms with Gasteiger partial charge < -0.3 is 9.47 Å². The molecule has 3 nitrogen and oxygen atoms in total. The molecule has 0 saturated heterocycles. The summed E-state index contributed by atoms with van der Waals surface area (Å²) < 4.78 is 23.9. The zero-order chi connectivity index (χ0) is 13.1. The lowest BCUT2D eigenvalue weighted by Crippen LogP contribution is -2.06. The van der Waals surface area contributed by atoms with E-state index >= 15 is 0 Å². The van der Waals surface area contributed by atoms with Crippen LogP contribution in [0.2, 0.25) is 0 Å². The second-order valence-corrected chi connectivity index (χ2v) is 4.38. The molecule has 0 bridgehead atoms. The van der Waals surface area contributed by atoms with Crippen molar-refractivity contribution < 1.29 is 18.7 Å². The molecule has 1 aromatic heterocycles. The van der Waals surface area contributed by atoms with Gasteiger partial charge >= 0.3 is 0 Å². The van der Waals surface area contributed by atoms with E-state index in [1.54, 1.807) is 17.5 Å². The highest BCUT2D eigenvalue weighted by atomic mass is 32.1. The van der Waals surface area contributed by atoms with Gasteiger partial charge in [-0.3, -0.25) is 4.79 Å².